The highest BCUT2D eigenvalue weighted by Gasteiger charge is 2.16. The van der Waals surface area contributed by atoms with Gasteiger partial charge < -0.3 is 10.1 Å². The first-order chi connectivity index (χ1) is 9.92. The molecule has 2 N–H and O–H groups in total. The van der Waals surface area contributed by atoms with Crippen molar-refractivity contribution in [2.75, 3.05) is 10.6 Å². The molecule has 5 nitrogen and oxygen atoms in total. The summed E-state index contributed by atoms with van der Waals surface area (Å²) >= 11 is 0. The molecule has 21 heavy (non-hydrogen) atoms. The number of rotatable bonds is 3. The van der Waals surface area contributed by atoms with Crippen LogP contribution in [0.1, 0.15) is 20.8 Å². The van der Waals surface area contributed by atoms with Gasteiger partial charge in [-0.1, -0.05) is 18.2 Å². The average molecular weight is 285 g/mol. The predicted octanol–water partition coefficient (Wildman–Crippen LogP) is 4.17. The molecule has 0 bridgehead atoms. The number of nitrogens with zero attached hydrogens (tertiary/aromatic N) is 1. The number of amides is 1. The lowest BCUT2D eigenvalue weighted by Crippen LogP contribution is -2.27. The van der Waals surface area contributed by atoms with Gasteiger partial charge in [0.05, 0.1) is 11.9 Å². The second-order valence-corrected chi connectivity index (χ2v) is 5.55. The summed E-state index contributed by atoms with van der Waals surface area (Å²) in [6, 6.07) is 13.3. The number of hydrogen-bond donors (Lipinski definition) is 2. The van der Waals surface area contributed by atoms with Gasteiger partial charge in [-0.25, -0.2) is 9.78 Å². The van der Waals surface area contributed by atoms with Crippen molar-refractivity contribution in [1.82, 2.24) is 4.98 Å². The lowest BCUT2D eigenvalue weighted by atomic mass is 10.2. The van der Waals surface area contributed by atoms with Crippen molar-refractivity contribution in [3.63, 3.8) is 0 Å². The molecule has 2 aromatic rings. The predicted molar refractivity (Wildman–Crippen MR) is 83.8 cm³/mol. The largest absolute Gasteiger partial charge is 0.444 e. The lowest BCUT2D eigenvalue weighted by Gasteiger charge is -2.19. The molecule has 0 aliphatic rings. The molecular formula is C16H19N3O2. The Hall–Kier alpha value is -2.56. The molecule has 0 unspecified atom stereocenters. The van der Waals surface area contributed by atoms with Crippen molar-refractivity contribution < 1.29 is 9.53 Å². The number of hydrogen-bond acceptors (Lipinski definition) is 4. The molecule has 2 rings (SSSR count). The molecule has 0 aliphatic carbocycles. The van der Waals surface area contributed by atoms with E-state index < -0.39 is 11.7 Å². The van der Waals surface area contributed by atoms with E-state index in [1.807, 2.05) is 57.2 Å². The SMILES string of the molecule is CC(C)(C)OC(=O)Nc1ccc(Nc2ccccc2)cn1. The van der Waals surface area contributed by atoms with Crippen molar-refractivity contribution in [2.24, 2.45) is 0 Å². The van der Waals surface area contributed by atoms with Crippen molar-refractivity contribution in [3.05, 3.63) is 48.7 Å². The Balaban J connectivity index is 1.95. The molecule has 5 heteroatoms. The Morgan fingerprint density at radius 2 is 1.76 bits per heavy atom. The Kier molecular flexibility index (Phi) is 4.42. The first-order valence-electron chi connectivity index (χ1n) is 6.70. The van der Waals surface area contributed by atoms with Crippen molar-refractivity contribution in [1.29, 1.82) is 0 Å². The van der Waals surface area contributed by atoms with E-state index in [2.05, 4.69) is 15.6 Å². The fourth-order valence-corrected chi connectivity index (χ4v) is 1.64. The van der Waals surface area contributed by atoms with Gasteiger partial charge in [0.25, 0.3) is 0 Å². The minimum Gasteiger partial charge on any atom is -0.444 e. The van der Waals surface area contributed by atoms with E-state index in [9.17, 15) is 4.79 Å². The zero-order valence-electron chi connectivity index (χ0n) is 12.4. The zero-order chi connectivity index (χ0) is 15.3. The second-order valence-electron chi connectivity index (χ2n) is 5.55. The average Bonchev–Trinajstić information content (AvgIpc) is 2.40. The highest BCUT2D eigenvalue weighted by Crippen LogP contribution is 2.17. The van der Waals surface area contributed by atoms with Crippen LogP contribution in [0.3, 0.4) is 0 Å². The smallest absolute Gasteiger partial charge is 0.413 e. The molecule has 1 heterocycles. The van der Waals surface area contributed by atoms with Crippen LogP contribution >= 0.6 is 0 Å². The highest BCUT2D eigenvalue weighted by atomic mass is 16.6. The number of carbonyl (C=O) groups excluding carboxylic acids is 1. The maximum Gasteiger partial charge on any atom is 0.413 e. The van der Waals surface area contributed by atoms with Gasteiger partial charge in [0.15, 0.2) is 0 Å². The molecule has 0 fully saturated rings. The van der Waals surface area contributed by atoms with Crippen LogP contribution in [0.4, 0.5) is 22.0 Å². The van der Waals surface area contributed by atoms with E-state index in [0.717, 1.165) is 11.4 Å². The Bertz CT molecular complexity index is 589. The molecule has 1 aromatic heterocycles. The van der Waals surface area contributed by atoms with Gasteiger partial charge in [-0.3, -0.25) is 5.32 Å². The fourth-order valence-electron chi connectivity index (χ4n) is 1.64. The van der Waals surface area contributed by atoms with Crippen molar-refractivity contribution in [2.45, 2.75) is 26.4 Å². The first-order valence-corrected chi connectivity index (χ1v) is 6.70. The number of benzene rings is 1. The molecule has 0 radical (unpaired) electrons. The van der Waals surface area contributed by atoms with Crippen molar-refractivity contribution in [3.8, 4) is 0 Å². The van der Waals surface area contributed by atoms with E-state index in [0.29, 0.717) is 5.82 Å². The van der Waals surface area contributed by atoms with Crippen molar-refractivity contribution >= 4 is 23.3 Å². The number of nitrogens with one attached hydrogen (secondary N) is 2. The van der Waals surface area contributed by atoms with Gasteiger partial charge in [-0.2, -0.15) is 0 Å². The van der Waals surface area contributed by atoms with Gasteiger partial charge in [0, 0.05) is 5.69 Å². The topological polar surface area (TPSA) is 63.2 Å². The third kappa shape index (κ3) is 5.14. The molecule has 0 spiro atoms. The van der Waals surface area contributed by atoms with Crippen LogP contribution in [-0.2, 0) is 4.74 Å². The summed E-state index contributed by atoms with van der Waals surface area (Å²) in [4.78, 5) is 15.8. The number of pyridine rings is 1. The monoisotopic (exact) mass is 285 g/mol. The van der Waals surface area contributed by atoms with Crippen LogP contribution in [-0.4, -0.2) is 16.7 Å². The Morgan fingerprint density at radius 3 is 2.33 bits per heavy atom. The minimum absolute atomic E-state index is 0.447. The maximum absolute atomic E-state index is 11.6. The molecule has 110 valence electrons. The van der Waals surface area contributed by atoms with Crippen LogP contribution in [0, 0.1) is 0 Å². The summed E-state index contributed by atoms with van der Waals surface area (Å²) in [6.07, 6.45) is 1.14. The summed E-state index contributed by atoms with van der Waals surface area (Å²) in [6.45, 7) is 5.44. The third-order valence-corrected chi connectivity index (χ3v) is 2.45. The van der Waals surface area contributed by atoms with Crippen LogP contribution in [0.5, 0.6) is 0 Å². The maximum atomic E-state index is 11.6. The molecule has 0 saturated carbocycles. The zero-order valence-corrected chi connectivity index (χ0v) is 12.4. The van der Waals surface area contributed by atoms with Gasteiger partial charge in [0.2, 0.25) is 0 Å². The standard InChI is InChI=1S/C16H19N3O2/c1-16(2,3)21-15(20)19-14-10-9-13(11-17-14)18-12-7-5-4-6-8-12/h4-11,18H,1-3H3,(H,17,19,20). The number of ether oxygens (including phenoxy) is 1. The number of anilines is 3. The Labute approximate surface area is 124 Å². The van der Waals surface area contributed by atoms with Gasteiger partial charge in [0.1, 0.15) is 11.4 Å². The van der Waals surface area contributed by atoms with Crippen LogP contribution in [0.25, 0.3) is 0 Å². The number of carbonyl (C=O) groups is 1. The minimum atomic E-state index is -0.529. The third-order valence-electron chi connectivity index (χ3n) is 2.45. The normalized spacial score (nSPS) is 10.8. The first kappa shape index (κ1) is 14.8. The summed E-state index contributed by atoms with van der Waals surface area (Å²) < 4.78 is 5.16. The van der Waals surface area contributed by atoms with Gasteiger partial charge in [-0.15, -0.1) is 0 Å². The molecule has 1 aromatic carbocycles. The van der Waals surface area contributed by atoms with Gasteiger partial charge >= 0.3 is 6.09 Å². The molecule has 0 saturated heterocycles. The second kappa shape index (κ2) is 6.26. The highest BCUT2D eigenvalue weighted by molar-refractivity contribution is 5.83. The van der Waals surface area contributed by atoms with Crippen LogP contribution in [0.2, 0.25) is 0 Å². The lowest BCUT2D eigenvalue weighted by molar-refractivity contribution is 0.0635. The molecular weight excluding hydrogens is 266 g/mol. The summed E-state index contributed by atoms with van der Waals surface area (Å²) in [5, 5.41) is 5.81. The van der Waals surface area contributed by atoms with E-state index in [-0.39, 0.29) is 0 Å². The van der Waals surface area contributed by atoms with Crippen LogP contribution < -0.4 is 10.6 Å². The van der Waals surface area contributed by atoms with E-state index in [1.54, 1.807) is 12.3 Å². The number of aromatic nitrogens is 1. The molecule has 0 atom stereocenters. The van der Waals surface area contributed by atoms with E-state index in [1.165, 1.54) is 0 Å². The van der Waals surface area contributed by atoms with E-state index in [4.69, 9.17) is 4.74 Å². The number of para-hydroxylation sites is 1. The Morgan fingerprint density at radius 1 is 1.05 bits per heavy atom. The fraction of sp³-hybridized carbons (Fsp3) is 0.250. The van der Waals surface area contributed by atoms with E-state index >= 15 is 0 Å². The van der Waals surface area contributed by atoms with Gasteiger partial charge in [-0.05, 0) is 45.0 Å². The van der Waals surface area contributed by atoms with Crippen LogP contribution in [0.15, 0.2) is 48.7 Å². The molecule has 0 aliphatic heterocycles. The quantitative estimate of drug-likeness (QED) is 0.888. The summed E-state index contributed by atoms with van der Waals surface area (Å²) in [5.41, 5.74) is 1.29. The summed E-state index contributed by atoms with van der Waals surface area (Å²) in [7, 11) is 0. The summed E-state index contributed by atoms with van der Waals surface area (Å²) in [5.74, 6) is 0.447. The molecule has 1 amide bonds.